The third kappa shape index (κ3) is 4.98. The zero-order valence-electron chi connectivity index (χ0n) is 16.2. The Kier molecular flexibility index (Phi) is 6.44. The van der Waals surface area contributed by atoms with Crippen LogP contribution in [0.3, 0.4) is 0 Å². The van der Waals surface area contributed by atoms with Crippen LogP contribution < -0.4 is 15.5 Å². The van der Waals surface area contributed by atoms with Gasteiger partial charge in [-0.3, -0.25) is 4.68 Å². The standard InChI is InChI=1S/C19H30N6/c1-7-20-19(22-13-18-14(2)23-25(6)15(18)3)21-12-16-9-8-10-17(11-16)24(4)5/h8-11H,7,12-13H2,1-6H3,(H2,20,21,22). The van der Waals surface area contributed by atoms with E-state index in [1.54, 1.807) is 0 Å². The van der Waals surface area contributed by atoms with Gasteiger partial charge >= 0.3 is 0 Å². The van der Waals surface area contributed by atoms with Gasteiger partial charge in [-0.2, -0.15) is 5.10 Å². The Balaban J connectivity index is 2.06. The second-order valence-corrected chi connectivity index (χ2v) is 6.39. The van der Waals surface area contributed by atoms with Gasteiger partial charge < -0.3 is 15.5 Å². The Morgan fingerprint density at radius 2 is 2.00 bits per heavy atom. The molecule has 0 aliphatic heterocycles. The van der Waals surface area contributed by atoms with Gasteiger partial charge in [0, 0.05) is 51.2 Å². The van der Waals surface area contributed by atoms with E-state index in [0.717, 1.165) is 24.7 Å². The molecular weight excluding hydrogens is 312 g/mol. The molecule has 0 unspecified atom stereocenters. The summed E-state index contributed by atoms with van der Waals surface area (Å²) in [5, 5.41) is 11.2. The van der Waals surface area contributed by atoms with Crippen molar-refractivity contribution in [3.63, 3.8) is 0 Å². The van der Waals surface area contributed by atoms with Crippen LogP contribution in [-0.2, 0) is 20.1 Å². The molecule has 2 N–H and O–H groups in total. The Morgan fingerprint density at radius 3 is 2.60 bits per heavy atom. The van der Waals surface area contributed by atoms with Crippen molar-refractivity contribution in [1.82, 2.24) is 20.4 Å². The molecule has 0 fully saturated rings. The number of rotatable bonds is 6. The second kappa shape index (κ2) is 8.55. The maximum absolute atomic E-state index is 4.71. The number of aryl methyl sites for hydroxylation is 2. The highest BCUT2D eigenvalue weighted by Gasteiger charge is 2.09. The van der Waals surface area contributed by atoms with Crippen molar-refractivity contribution in [1.29, 1.82) is 0 Å². The van der Waals surface area contributed by atoms with E-state index in [2.05, 4.69) is 58.7 Å². The van der Waals surface area contributed by atoms with Crippen LogP contribution in [0, 0.1) is 13.8 Å². The highest BCUT2D eigenvalue weighted by molar-refractivity contribution is 5.79. The van der Waals surface area contributed by atoms with Crippen LogP contribution in [-0.4, -0.2) is 36.4 Å². The molecule has 2 aromatic rings. The Bertz CT molecular complexity index is 730. The van der Waals surface area contributed by atoms with Gasteiger partial charge in [-0.05, 0) is 38.5 Å². The quantitative estimate of drug-likeness (QED) is 0.625. The number of aromatic nitrogens is 2. The van der Waals surface area contributed by atoms with Crippen molar-refractivity contribution in [2.24, 2.45) is 12.0 Å². The van der Waals surface area contributed by atoms with Gasteiger partial charge in [0.25, 0.3) is 0 Å². The summed E-state index contributed by atoms with van der Waals surface area (Å²) in [4.78, 5) is 6.82. The maximum Gasteiger partial charge on any atom is 0.191 e. The number of nitrogens with zero attached hydrogens (tertiary/aromatic N) is 4. The molecule has 1 heterocycles. The zero-order valence-corrected chi connectivity index (χ0v) is 16.2. The van der Waals surface area contributed by atoms with Crippen molar-refractivity contribution in [3.05, 3.63) is 46.8 Å². The third-order valence-corrected chi connectivity index (χ3v) is 4.28. The minimum atomic E-state index is 0.641. The predicted octanol–water partition coefficient (Wildman–Crippen LogP) is 2.36. The SMILES string of the molecule is CCNC(=NCc1cccc(N(C)C)c1)NCc1c(C)nn(C)c1C. The van der Waals surface area contributed by atoms with Crippen LogP contribution in [0.5, 0.6) is 0 Å². The smallest absolute Gasteiger partial charge is 0.191 e. The normalized spacial score (nSPS) is 11.5. The topological polar surface area (TPSA) is 57.5 Å². The molecule has 1 aromatic carbocycles. The predicted molar refractivity (Wildman–Crippen MR) is 105 cm³/mol. The molecule has 1 aromatic heterocycles. The van der Waals surface area contributed by atoms with Gasteiger partial charge in [-0.15, -0.1) is 0 Å². The van der Waals surface area contributed by atoms with Crippen molar-refractivity contribution >= 4 is 11.6 Å². The van der Waals surface area contributed by atoms with Gasteiger partial charge in [-0.1, -0.05) is 12.1 Å². The molecular formula is C19H30N6. The van der Waals surface area contributed by atoms with Crippen LogP contribution in [0.1, 0.15) is 29.4 Å². The molecule has 0 spiro atoms. The van der Waals surface area contributed by atoms with Crippen molar-refractivity contribution in [2.75, 3.05) is 25.5 Å². The average Bonchev–Trinajstić information content (AvgIpc) is 2.83. The first-order valence-electron chi connectivity index (χ1n) is 8.69. The fourth-order valence-electron chi connectivity index (χ4n) is 2.69. The molecule has 0 saturated carbocycles. The van der Waals surface area contributed by atoms with Crippen molar-refractivity contribution in [2.45, 2.75) is 33.9 Å². The lowest BCUT2D eigenvalue weighted by atomic mass is 10.2. The van der Waals surface area contributed by atoms with E-state index in [9.17, 15) is 0 Å². The summed E-state index contributed by atoms with van der Waals surface area (Å²) >= 11 is 0. The first-order valence-corrected chi connectivity index (χ1v) is 8.69. The first-order chi connectivity index (χ1) is 11.9. The molecule has 0 aliphatic rings. The second-order valence-electron chi connectivity index (χ2n) is 6.39. The van der Waals surface area contributed by atoms with E-state index in [1.165, 1.54) is 22.5 Å². The first kappa shape index (κ1) is 18.8. The van der Waals surface area contributed by atoms with Crippen molar-refractivity contribution < 1.29 is 0 Å². The number of guanidine groups is 1. The van der Waals surface area contributed by atoms with E-state index < -0.39 is 0 Å². The monoisotopic (exact) mass is 342 g/mol. The van der Waals surface area contributed by atoms with E-state index in [1.807, 2.05) is 32.7 Å². The van der Waals surface area contributed by atoms with E-state index >= 15 is 0 Å². The van der Waals surface area contributed by atoms with Gasteiger partial charge in [0.2, 0.25) is 0 Å². The fraction of sp³-hybridized carbons (Fsp3) is 0.474. The molecule has 25 heavy (non-hydrogen) atoms. The summed E-state index contributed by atoms with van der Waals surface area (Å²) in [5.41, 5.74) is 5.84. The number of aliphatic imine (C=N–C) groups is 1. The maximum atomic E-state index is 4.71. The molecule has 2 rings (SSSR count). The van der Waals surface area contributed by atoms with Gasteiger partial charge in [0.15, 0.2) is 5.96 Å². The van der Waals surface area contributed by atoms with Gasteiger partial charge in [0.05, 0.1) is 12.2 Å². The number of hydrogen-bond donors (Lipinski definition) is 2. The summed E-state index contributed by atoms with van der Waals surface area (Å²) in [6, 6.07) is 8.45. The highest BCUT2D eigenvalue weighted by Crippen LogP contribution is 2.14. The third-order valence-electron chi connectivity index (χ3n) is 4.28. The van der Waals surface area contributed by atoms with Crippen LogP contribution in [0.25, 0.3) is 0 Å². The van der Waals surface area contributed by atoms with E-state index in [-0.39, 0.29) is 0 Å². The molecule has 0 atom stereocenters. The van der Waals surface area contributed by atoms with Crippen LogP contribution >= 0.6 is 0 Å². The zero-order chi connectivity index (χ0) is 18.4. The minimum Gasteiger partial charge on any atom is -0.378 e. The molecule has 6 nitrogen and oxygen atoms in total. The van der Waals surface area contributed by atoms with Crippen LogP contribution in [0.2, 0.25) is 0 Å². The molecule has 136 valence electrons. The Morgan fingerprint density at radius 1 is 1.24 bits per heavy atom. The van der Waals surface area contributed by atoms with E-state index in [0.29, 0.717) is 6.54 Å². The minimum absolute atomic E-state index is 0.641. The average molecular weight is 342 g/mol. The van der Waals surface area contributed by atoms with Gasteiger partial charge in [0.1, 0.15) is 0 Å². The number of hydrogen-bond acceptors (Lipinski definition) is 3. The summed E-state index contributed by atoms with van der Waals surface area (Å²) in [7, 11) is 6.07. The summed E-state index contributed by atoms with van der Waals surface area (Å²) in [5.74, 6) is 0.820. The molecule has 6 heteroatoms. The summed E-state index contributed by atoms with van der Waals surface area (Å²) < 4.78 is 1.92. The highest BCUT2D eigenvalue weighted by atomic mass is 15.3. The molecule has 0 saturated heterocycles. The van der Waals surface area contributed by atoms with Crippen molar-refractivity contribution in [3.8, 4) is 0 Å². The Hall–Kier alpha value is -2.50. The van der Waals surface area contributed by atoms with Crippen LogP contribution in [0.4, 0.5) is 5.69 Å². The molecule has 0 aliphatic carbocycles. The fourth-order valence-corrected chi connectivity index (χ4v) is 2.69. The molecule has 0 amide bonds. The largest absolute Gasteiger partial charge is 0.378 e. The summed E-state index contributed by atoms with van der Waals surface area (Å²) in [6.45, 7) is 8.39. The lowest BCUT2D eigenvalue weighted by Gasteiger charge is -2.14. The Labute approximate surface area is 151 Å². The number of benzene rings is 1. The number of nitrogens with one attached hydrogen (secondary N) is 2. The number of anilines is 1. The lowest BCUT2D eigenvalue weighted by molar-refractivity contribution is 0.728. The van der Waals surface area contributed by atoms with Crippen LogP contribution in [0.15, 0.2) is 29.3 Å². The molecule has 0 radical (unpaired) electrons. The lowest BCUT2D eigenvalue weighted by Crippen LogP contribution is -2.37. The molecule has 0 bridgehead atoms. The summed E-state index contributed by atoms with van der Waals surface area (Å²) in [6.07, 6.45) is 0. The van der Waals surface area contributed by atoms with Gasteiger partial charge in [-0.25, -0.2) is 4.99 Å². The van der Waals surface area contributed by atoms with E-state index in [4.69, 9.17) is 4.99 Å².